The number of nitrogens with zero attached hydrogens (tertiary/aromatic N) is 9. The standard InChI is InChI=1S/C37H10F3N9/c1-18-6-7-20(11-27(18)46-2)31-34(28(16-44)47-3)23-12-22-24(14-42)30(19-8-9-26(37(38,39)40)21(10-19)13-41)35(29(17-45)48-4)32(22)25(15-43)33(23)36(31)49-5/h6-12H,1H3/b34-28-,35-29-. The van der Waals surface area contributed by atoms with E-state index < -0.39 is 28.7 Å². The largest absolute Gasteiger partial charge is 0.417 e. The Morgan fingerprint density at radius 3 is 1.86 bits per heavy atom. The molecule has 2 aliphatic rings. The number of rotatable bonds is 2. The highest BCUT2D eigenvalue weighted by Crippen LogP contribution is 2.57. The normalized spacial score (nSPS) is 14.7. The summed E-state index contributed by atoms with van der Waals surface area (Å²) in [6, 6.07) is 17.5. The van der Waals surface area contributed by atoms with Crippen LogP contribution in [0.2, 0.25) is 0 Å². The third kappa shape index (κ3) is 4.72. The van der Waals surface area contributed by atoms with E-state index in [1.807, 2.05) is 18.2 Å². The van der Waals surface area contributed by atoms with Gasteiger partial charge < -0.3 is 0 Å². The lowest BCUT2D eigenvalue weighted by atomic mass is 9.87. The van der Waals surface area contributed by atoms with Crippen LogP contribution in [0.25, 0.3) is 52.9 Å². The number of allylic oxidation sites excluding steroid dienone is 7. The molecule has 12 heteroatoms. The fourth-order valence-corrected chi connectivity index (χ4v) is 5.94. The quantitative estimate of drug-likeness (QED) is 0.204. The zero-order valence-corrected chi connectivity index (χ0v) is 24.7. The molecule has 0 saturated carbocycles. The van der Waals surface area contributed by atoms with E-state index in [2.05, 4.69) is 19.4 Å². The molecule has 0 N–H and O–H groups in total. The van der Waals surface area contributed by atoms with Gasteiger partial charge in [0.25, 0.3) is 11.4 Å². The number of benzene rings is 3. The molecule has 0 saturated heterocycles. The van der Waals surface area contributed by atoms with Crippen molar-refractivity contribution in [1.29, 1.82) is 26.3 Å². The SMILES string of the molecule is [C-]#[N+]C1=C(c2ccc(C)c([N+]#[C-])c2)/C(=C(/C#N)[N+]#[C-])c2cc3c(c(C#N)c21)/C(=C(/C#N)[N+]#[C-])C(c1ccc(C(F)(F)F)c(C#N)c1)=C3C#N. The highest BCUT2D eigenvalue weighted by Gasteiger charge is 2.41. The van der Waals surface area contributed by atoms with Crippen molar-refractivity contribution in [3.63, 3.8) is 0 Å². The Labute approximate surface area is 277 Å². The molecule has 0 fully saturated rings. The molecular formula is C37H10F3N9. The van der Waals surface area contributed by atoms with Crippen molar-refractivity contribution in [3.05, 3.63) is 155 Å². The fraction of sp³-hybridized carbons (Fsp3) is 0.0541. The van der Waals surface area contributed by atoms with Gasteiger partial charge in [0.05, 0.1) is 72.8 Å². The Balaban J connectivity index is 2.00. The van der Waals surface area contributed by atoms with Gasteiger partial charge in [-0.05, 0) is 75.7 Å². The fourth-order valence-electron chi connectivity index (χ4n) is 5.94. The first-order chi connectivity index (χ1) is 23.5. The van der Waals surface area contributed by atoms with Crippen LogP contribution >= 0.6 is 0 Å². The zero-order valence-electron chi connectivity index (χ0n) is 24.7. The van der Waals surface area contributed by atoms with E-state index in [0.29, 0.717) is 11.6 Å². The van der Waals surface area contributed by atoms with Gasteiger partial charge in [0.2, 0.25) is 5.70 Å². The van der Waals surface area contributed by atoms with Crippen LogP contribution in [-0.2, 0) is 6.18 Å². The molecular weight excluding hydrogens is 627 g/mol. The summed E-state index contributed by atoms with van der Waals surface area (Å²) in [7, 11) is 0. The average Bonchev–Trinajstić information content (AvgIpc) is 3.60. The molecule has 3 aromatic carbocycles. The minimum absolute atomic E-state index is 0.0357. The van der Waals surface area contributed by atoms with Crippen molar-refractivity contribution in [2.24, 2.45) is 0 Å². The minimum Gasteiger partial charge on any atom is -0.238 e. The molecule has 3 aromatic rings. The van der Waals surface area contributed by atoms with Crippen molar-refractivity contribution in [3.8, 4) is 30.3 Å². The summed E-state index contributed by atoms with van der Waals surface area (Å²) in [6.07, 6.45) is -4.90. The highest BCUT2D eigenvalue weighted by atomic mass is 19.4. The van der Waals surface area contributed by atoms with E-state index in [1.54, 1.807) is 25.1 Å². The molecule has 2 aliphatic carbocycles. The predicted molar refractivity (Wildman–Crippen MR) is 169 cm³/mol. The van der Waals surface area contributed by atoms with Crippen LogP contribution < -0.4 is 0 Å². The first kappa shape index (κ1) is 32.2. The Morgan fingerprint density at radius 2 is 1.33 bits per heavy atom. The van der Waals surface area contributed by atoms with Gasteiger partial charge in [-0.3, -0.25) is 0 Å². The summed E-state index contributed by atoms with van der Waals surface area (Å²) < 4.78 is 41.0. The second-order valence-corrected chi connectivity index (χ2v) is 10.3. The molecule has 0 aromatic heterocycles. The molecule has 9 nitrogen and oxygen atoms in total. The lowest BCUT2D eigenvalue weighted by Gasteiger charge is -2.15. The van der Waals surface area contributed by atoms with Gasteiger partial charge >= 0.3 is 6.18 Å². The number of alkyl halides is 3. The number of halogens is 3. The molecule has 0 heterocycles. The molecule has 0 amide bonds. The van der Waals surface area contributed by atoms with Gasteiger partial charge in [0, 0.05) is 16.7 Å². The third-order valence-corrected chi connectivity index (χ3v) is 7.94. The van der Waals surface area contributed by atoms with Crippen molar-refractivity contribution >= 4 is 39.2 Å². The van der Waals surface area contributed by atoms with E-state index in [-0.39, 0.29) is 78.2 Å². The lowest BCUT2D eigenvalue weighted by Crippen LogP contribution is -2.08. The molecule has 0 radical (unpaired) electrons. The summed E-state index contributed by atoms with van der Waals surface area (Å²) in [5.41, 5.74) is -3.56. The van der Waals surface area contributed by atoms with E-state index in [4.69, 9.17) is 26.3 Å². The highest BCUT2D eigenvalue weighted by molar-refractivity contribution is 6.30. The maximum absolute atomic E-state index is 13.7. The Bertz CT molecular complexity index is 2610. The second-order valence-electron chi connectivity index (χ2n) is 10.3. The van der Waals surface area contributed by atoms with E-state index in [1.165, 1.54) is 18.2 Å². The summed E-state index contributed by atoms with van der Waals surface area (Å²) in [5, 5.41) is 50.7. The summed E-state index contributed by atoms with van der Waals surface area (Å²) in [6.45, 7) is 32.9. The Hall–Kier alpha value is -8.18. The maximum atomic E-state index is 13.7. The van der Waals surface area contributed by atoms with Gasteiger partial charge in [-0.1, -0.05) is 18.2 Å². The van der Waals surface area contributed by atoms with Crippen molar-refractivity contribution < 1.29 is 13.2 Å². The molecule has 0 bridgehead atoms. The lowest BCUT2D eigenvalue weighted by molar-refractivity contribution is -0.137. The molecule has 49 heavy (non-hydrogen) atoms. The number of hydrogen-bond donors (Lipinski definition) is 0. The monoisotopic (exact) mass is 637 g/mol. The first-order valence-corrected chi connectivity index (χ1v) is 13.5. The maximum Gasteiger partial charge on any atom is 0.417 e. The van der Waals surface area contributed by atoms with E-state index in [0.717, 1.165) is 12.1 Å². The second kappa shape index (κ2) is 12.0. The van der Waals surface area contributed by atoms with Crippen LogP contribution in [0.4, 0.5) is 18.9 Å². The van der Waals surface area contributed by atoms with Crippen molar-refractivity contribution in [2.75, 3.05) is 0 Å². The smallest absolute Gasteiger partial charge is 0.238 e. The number of fused-ring (bicyclic) bond motifs is 2. The van der Waals surface area contributed by atoms with Crippen LogP contribution in [0.1, 0.15) is 55.6 Å². The predicted octanol–water partition coefficient (Wildman–Crippen LogP) is 8.87. The molecule has 0 unspecified atom stereocenters. The molecule has 224 valence electrons. The molecule has 0 atom stereocenters. The number of nitriles is 5. The molecule has 5 rings (SSSR count). The van der Waals surface area contributed by atoms with Crippen LogP contribution in [0.5, 0.6) is 0 Å². The Morgan fingerprint density at radius 1 is 0.694 bits per heavy atom. The van der Waals surface area contributed by atoms with E-state index >= 15 is 0 Å². The average molecular weight is 638 g/mol. The first-order valence-electron chi connectivity index (χ1n) is 13.5. The van der Waals surface area contributed by atoms with Crippen LogP contribution in [0.15, 0.2) is 53.9 Å². The van der Waals surface area contributed by atoms with E-state index in [9.17, 15) is 39.5 Å². The van der Waals surface area contributed by atoms with Gasteiger partial charge in [0.15, 0.2) is 5.69 Å². The van der Waals surface area contributed by atoms with Crippen molar-refractivity contribution in [1.82, 2.24) is 0 Å². The zero-order chi connectivity index (χ0) is 35.8. The number of hydrogen-bond acceptors (Lipinski definition) is 5. The summed E-state index contributed by atoms with van der Waals surface area (Å²) in [4.78, 5) is 13.8. The third-order valence-electron chi connectivity index (χ3n) is 7.94. The summed E-state index contributed by atoms with van der Waals surface area (Å²) in [5.74, 6) is 0. The molecule has 0 spiro atoms. The van der Waals surface area contributed by atoms with Crippen molar-refractivity contribution in [2.45, 2.75) is 13.1 Å². The van der Waals surface area contributed by atoms with Gasteiger partial charge in [-0.25, -0.2) is 29.9 Å². The molecule has 0 aliphatic heterocycles. The van der Waals surface area contributed by atoms with Crippen LogP contribution in [-0.4, -0.2) is 0 Å². The van der Waals surface area contributed by atoms with Crippen LogP contribution in [0, 0.1) is 89.9 Å². The number of aryl methyl sites for hydroxylation is 1. The Kier molecular flexibility index (Phi) is 7.87. The van der Waals surface area contributed by atoms with Gasteiger partial charge in [0.1, 0.15) is 6.07 Å². The van der Waals surface area contributed by atoms with Crippen LogP contribution in [0.3, 0.4) is 0 Å². The minimum atomic E-state index is -4.90. The van der Waals surface area contributed by atoms with Gasteiger partial charge in [-0.15, -0.1) is 0 Å². The van der Waals surface area contributed by atoms with Gasteiger partial charge in [-0.2, -0.15) is 29.0 Å². The summed E-state index contributed by atoms with van der Waals surface area (Å²) >= 11 is 0. The topological polar surface area (TPSA) is 136 Å².